The molecule has 126 valence electrons. The lowest BCUT2D eigenvalue weighted by Gasteiger charge is -2.23. The zero-order valence-corrected chi connectivity index (χ0v) is 13.6. The molecule has 2 heterocycles. The van der Waals surface area contributed by atoms with Crippen LogP contribution in [0.25, 0.3) is 0 Å². The van der Waals surface area contributed by atoms with Gasteiger partial charge in [-0.25, -0.2) is 9.37 Å². The number of carbonyl (C=O) groups excluding carboxylic acids is 1. The molecular weight excluding hydrogens is 333 g/mol. The van der Waals surface area contributed by atoms with Crippen molar-refractivity contribution in [3.63, 3.8) is 0 Å². The molecule has 0 spiro atoms. The standard InChI is InChI=1S/C17H17ClFN3O2/c18-12-3-6-16(20-8-12)21-17(24)10-22-9-14(23)7-15(22)11-1-4-13(19)5-2-11/h1-6,8,14-15,23H,7,9-10H2,(H,20,21,24). The van der Waals surface area contributed by atoms with Crippen LogP contribution in [0.1, 0.15) is 18.0 Å². The summed E-state index contributed by atoms with van der Waals surface area (Å²) in [5.41, 5.74) is 0.880. The molecule has 1 aliphatic rings. The van der Waals surface area contributed by atoms with Gasteiger partial charge in [0.05, 0.1) is 17.7 Å². The number of carbonyl (C=O) groups is 1. The van der Waals surface area contributed by atoms with E-state index in [9.17, 15) is 14.3 Å². The summed E-state index contributed by atoms with van der Waals surface area (Å²) in [6.45, 7) is 0.507. The number of β-amino-alcohol motifs (C(OH)–C–C–N with tert-alkyl or cyclic N) is 1. The van der Waals surface area contributed by atoms with Crippen LogP contribution in [0.5, 0.6) is 0 Å². The molecule has 1 aliphatic heterocycles. The number of halogens is 2. The summed E-state index contributed by atoms with van der Waals surface area (Å²) in [5.74, 6) is -0.121. The van der Waals surface area contributed by atoms with E-state index in [1.807, 2.05) is 4.90 Å². The fraction of sp³-hybridized carbons (Fsp3) is 0.294. The third kappa shape index (κ3) is 4.08. The van der Waals surface area contributed by atoms with E-state index >= 15 is 0 Å². The zero-order chi connectivity index (χ0) is 17.1. The van der Waals surface area contributed by atoms with E-state index in [1.54, 1.807) is 24.3 Å². The SMILES string of the molecule is O=C(CN1CC(O)CC1c1ccc(F)cc1)Nc1ccc(Cl)cn1. The van der Waals surface area contributed by atoms with Crippen molar-refractivity contribution in [1.82, 2.24) is 9.88 Å². The van der Waals surface area contributed by atoms with Gasteiger partial charge >= 0.3 is 0 Å². The van der Waals surface area contributed by atoms with Gasteiger partial charge in [-0.1, -0.05) is 23.7 Å². The highest BCUT2D eigenvalue weighted by Gasteiger charge is 2.33. The van der Waals surface area contributed by atoms with E-state index in [0.29, 0.717) is 23.8 Å². The molecule has 24 heavy (non-hydrogen) atoms. The van der Waals surface area contributed by atoms with Crippen LogP contribution in [0.2, 0.25) is 5.02 Å². The van der Waals surface area contributed by atoms with Crippen LogP contribution in [0.3, 0.4) is 0 Å². The number of likely N-dealkylation sites (tertiary alicyclic amines) is 1. The summed E-state index contributed by atoms with van der Waals surface area (Å²) in [6.07, 6.45) is 1.46. The molecule has 1 fully saturated rings. The van der Waals surface area contributed by atoms with Gasteiger partial charge in [0.15, 0.2) is 0 Å². The van der Waals surface area contributed by atoms with Crippen LogP contribution in [-0.2, 0) is 4.79 Å². The number of aliphatic hydroxyl groups is 1. The lowest BCUT2D eigenvalue weighted by atomic mass is 10.0. The minimum Gasteiger partial charge on any atom is -0.392 e. The topological polar surface area (TPSA) is 65.5 Å². The number of hydrogen-bond acceptors (Lipinski definition) is 4. The van der Waals surface area contributed by atoms with Crippen LogP contribution in [0.15, 0.2) is 42.6 Å². The number of aromatic nitrogens is 1. The molecule has 0 radical (unpaired) electrons. The maximum Gasteiger partial charge on any atom is 0.239 e. The van der Waals surface area contributed by atoms with Gasteiger partial charge in [0.2, 0.25) is 5.91 Å². The van der Waals surface area contributed by atoms with Gasteiger partial charge < -0.3 is 10.4 Å². The molecule has 0 aliphatic carbocycles. The summed E-state index contributed by atoms with van der Waals surface area (Å²) in [5, 5.41) is 13.1. The molecular formula is C17H17ClFN3O2. The van der Waals surface area contributed by atoms with Crippen molar-refractivity contribution in [1.29, 1.82) is 0 Å². The second kappa shape index (κ2) is 7.25. The van der Waals surface area contributed by atoms with Gasteiger partial charge in [0.1, 0.15) is 11.6 Å². The van der Waals surface area contributed by atoms with Gasteiger partial charge in [-0.3, -0.25) is 9.69 Å². The van der Waals surface area contributed by atoms with Gasteiger partial charge in [0.25, 0.3) is 0 Å². The number of aliphatic hydroxyl groups excluding tert-OH is 1. The molecule has 1 aromatic heterocycles. The van der Waals surface area contributed by atoms with E-state index in [-0.39, 0.29) is 24.3 Å². The van der Waals surface area contributed by atoms with Gasteiger partial charge in [-0.2, -0.15) is 0 Å². The van der Waals surface area contributed by atoms with Crippen LogP contribution in [-0.4, -0.2) is 40.1 Å². The average molecular weight is 350 g/mol. The molecule has 0 bridgehead atoms. The first kappa shape index (κ1) is 16.8. The molecule has 3 rings (SSSR count). The smallest absolute Gasteiger partial charge is 0.239 e. The molecule has 5 nitrogen and oxygen atoms in total. The Bertz CT molecular complexity index is 709. The minimum absolute atomic E-state index is 0.114. The molecule has 2 N–H and O–H groups in total. The lowest BCUT2D eigenvalue weighted by molar-refractivity contribution is -0.117. The molecule has 0 saturated carbocycles. The molecule has 1 amide bonds. The molecule has 2 atom stereocenters. The maximum atomic E-state index is 13.1. The van der Waals surface area contributed by atoms with Crippen LogP contribution < -0.4 is 5.32 Å². The molecule has 2 unspecified atom stereocenters. The highest BCUT2D eigenvalue weighted by Crippen LogP contribution is 2.31. The summed E-state index contributed by atoms with van der Waals surface area (Å²) in [4.78, 5) is 18.1. The van der Waals surface area contributed by atoms with E-state index in [1.165, 1.54) is 18.3 Å². The average Bonchev–Trinajstić information content (AvgIpc) is 2.90. The number of hydrogen-bond donors (Lipinski definition) is 2. The van der Waals surface area contributed by atoms with Crippen LogP contribution >= 0.6 is 11.6 Å². The fourth-order valence-electron chi connectivity index (χ4n) is 2.90. The third-order valence-electron chi connectivity index (χ3n) is 3.98. The Hall–Kier alpha value is -2.02. The normalized spacial score (nSPS) is 21.0. The molecule has 1 saturated heterocycles. The van der Waals surface area contributed by atoms with Crippen molar-refractivity contribution < 1.29 is 14.3 Å². The lowest BCUT2D eigenvalue weighted by Crippen LogP contribution is -2.34. The highest BCUT2D eigenvalue weighted by atomic mass is 35.5. The first-order valence-electron chi connectivity index (χ1n) is 7.60. The maximum absolute atomic E-state index is 13.1. The number of nitrogens with zero attached hydrogens (tertiary/aromatic N) is 2. The number of rotatable bonds is 4. The van der Waals surface area contributed by atoms with Crippen molar-refractivity contribution in [3.8, 4) is 0 Å². The number of amides is 1. The predicted molar refractivity (Wildman–Crippen MR) is 89.2 cm³/mol. The monoisotopic (exact) mass is 349 g/mol. The van der Waals surface area contributed by atoms with Crippen molar-refractivity contribution in [2.75, 3.05) is 18.4 Å². The quantitative estimate of drug-likeness (QED) is 0.890. The number of benzene rings is 1. The first-order valence-corrected chi connectivity index (χ1v) is 7.98. The second-order valence-electron chi connectivity index (χ2n) is 5.80. The Morgan fingerprint density at radius 1 is 1.33 bits per heavy atom. The Morgan fingerprint density at radius 3 is 2.75 bits per heavy atom. The number of anilines is 1. The Balaban J connectivity index is 1.66. The largest absolute Gasteiger partial charge is 0.392 e. The number of nitrogens with one attached hydrogen (secondary N) is 1. The van der Waals surface area contributed by atoms with Gasteiger partial charge in [-0.15, -0.1) is 0 Å². The summed E-state index contributed by atoms with van der Waals surface area (Å²) in [6, 6.07) is 9.28. The first-order chi connectivity index (χ1) is 11.5. The molecule has 2 aromatic rings. The van der Waals surface area contributed by atoms with Crippen LogP contribution in [0, 0.1) is 5.82 Å². The van der Waals surface area contributed by atoms with Crippen molar-refractivity contribution in [3.05, 3.63) is 59.0 Å². The second-order valence-corrected chi connectivity index (χ2v) is 6.23. The van der Waals surface area contributed by atoms with Crippen molar-refractivity contribution in [2.24, 2.45) is 0 Å². The van der Waals surface area contributed by atoms with Crippen LogP contribution in [0.4, 0.5) is 10.2 Å². The fourth-order valence-corrected chi connectivity index (χ4v) is 3.01. The summed E-state index contributed by atoms with van der Waals surface area (Å²) in [7, 11) is 0. The third-order valence-corrected chi connectivity index (χ3v) is 4.20. The summed E-state index contributed by atoms with van der Waals surface area (Å²) < 4.78 is 13.1. The predicted octanol–water partition coefficient (Wildman–Crippen LogP) is 2.62. The van der Waals surface area contributed by atoms with E-state index < -0.39 is 6.10 Å². The van der Waals surface area contributed by atoms with E-state index in [2.05, 4.69) is 10.3 Å². The molecule has 7 heteroatoms. The van der Waals surface area contributed by atoms with Gasteiger partial charge in [-0.05, 0) is 36.2 Å². The van der Waals surface area contributed by atoms with E-state index in [4.69, 9.17) is 11.6 Å². The zero-order valence-electron chi connectivity index (χ0n) is 12.8. The minimum atomic E-state index is -0.512. The van der Waals surface area contributed by atoms with Crippen molar-refractivity contribution >= 4 is 23.3 Å². The van der Waals surface area contributed by atoms with E-state index in [0.717, 1.165) is 5.56 Å². The highest BCUT2D eigenvalue weighted by molar-refractivity contribution is 6.30. The number of pyridine rings is 1. The Labute approximate surface area is 144 Å². The van der Waals surface area contributed by atoms with Gasteiger partial charge in [0, 0.05) is 18.8 Å². The Morgan fingerprint density at radius 2 is 2.08 bits per heavy atom. The van der Waals surface area contributed by atoms with Crippen molar-refractivity contribution in [2.45, 2.75) is 18.6 Å². The molecule has 1 aromatic carbocycles. The summed E-state index contributed by atoms with van der Waals surface area (Å²) >= 11 is 5.76. The Kier molecular flexibility index (Phi) is 5.08.